The third-order valence-electron chi connectivity index (χ3n) is 1.55. The Balaban J connectivity index is -0.000000212. The van der Waals surface area contributed by atoms with Gasteiger partial charge in [-0.25, -0.2) is 0 Å². The fraction of sp³-hybridized carbons (Fsp3) is 0.923. The van der Waals surface area contributed by atoms with Gasteiger partial charge in [0.2, 0.25) is 0 Å². The molecule has 0 rings (SSSR count). The van der Waals surface area contributed by atoms with Crippen LogP contribution in [0, 0.1) is 0 Å². The second-order valence-corrected chi connectivity index (χ2v) is 3.87. The molecule has 1 unspecified atom stereocenters. The molecule has 0 bridgehead atoms. The lowest BCUT2D eigenvalue weighted by atomic mass is 10.3. The number of aliphatic carboxylic acids is 1. The van der Waals surface area contributed by atoms with Crippen molar-refractivity contribution in [2.75, 3.05) is 19.8 Å². The lowest BCUT2D eigenvalue weighted by Gasteiger charge is -1.99. The van der Waals surface area contributed by atoms with Gasteiger partial charge >= 0.3 is 0 Å². The predicted octanol–water partition coefficient (Wildman–Crippen LogP) is 2.05. The van der Waals surface area contributed by atoms with Crippen LogP contribution in [0.1, 0.15) is 53.4 Å². The third kappa shape index (κ3) is 58.5. The smallest absolute Gasteiger partial charge is 0.300 e. The first-order chi connectivity index (χ1) is 8.42. The molecule has 5 heteroatoms. The highest BCUT2D eigenvalue weighted by atomic mass is 16.5. The summed E-state index contributed by atoms with van der Waals surface area (Å²) in [6.45, 7) is 8.75. The van der Waals surface area contributed by atoms with Crippen molar-refractivity contribution in [3.8, 4) is 0 Å². The van der Waals surface area contributed by atoms with Gasteiger partial charge in [0.1, 0.15) is 0 Å². The number of unbranched alkanes of at least 4 members (excludes halogenated alkanes) is 2. The van der Waals surface area contributed by atoms with Gasteiger partial charge in [-0.1, -0.05) is 26.7 Å². The van der Waals surface area contributed by atoms with Crippen LogP contribution in [0.4, 0.5) is 0 Å². The van der Waals surface area contributed by atoms with Crippen LogP contribution >= 0.6 is 0 Å². The summed E-state index contributed by atoms with van der Waals surface area (Å²) in [6.07, 6.45) is 4.35. The van der Waals surface area contributed by atoms with Gasteiger partial charge in [0.05, 0.1) is 12.7 Å². The molecule has 5 nitrogen and oxygen atoms in total. The van der Waals surface area contributed by atoms with E-state index >= 15 is 0 Å². The molecule has 0 saturated carbocycles. The molecule has 1 atom stereocenters. The van der Waals surface area contributed by atoms with Gasteiger partial charge in [0.15, 0.2) is 0 Å². The monoisotopic (exact) mass is 266 g/mol. The Hall–Kier alpha value is -0.650. The maximum Gasteiger partial charge on any atom is 0.300 e. The lowest BCUT2D eigenvalue weighted by molar-refractivity contribution is -0.134. The van der Waals surface area contributed by atoms with Crippen molar-refractivity contribution in [3.05, 3.63) is 0 Å². The molecule has 0 aliphatic heterocycles. The summed E-state index contributed by atoms with van der Waals surface area (Å²) in [7, 11) is 0. The Kier molecular flexibility index (Phi) is 27.0. The van der Waals surface area contributed by atoms with E-state index in [-0.39, 0.29) is 6.61 Å². The van der Waals surface area contributed by atoms with Crippen molar-refractivity contribution in [3.63, 3.8) is 0 Å². The number of carboxylic acids is 1. The molecule has 0 radical (unpaired) electrons. The van der Waals surface area contributed by atoms with Gasteiger partial charge in [0, 0.05) is 20.1 Å². The molecule has 112 valence electrons. The molecule has 0 aromatic rings. The van der Waals surface area contributed by atoms with Gasteiger partial charge < -0.3 is 20.1 Å². The average Bonchev–Trinajstić information content (AvgIpc) is 2.29. The van der Waals surface area contributed by atoms with E-state index in [1.165, 1.54) is 32.6 Å². The van der Waals surface area contributed by atoms with Crippen molar-refractivity contribution in [1.29, 1.82) is 0 Å². The van der Waals surface area contributed by atoms with Crippen molar-refractivity contribution in [2.45, 2.75) is 59.5 Å². The SMILES string of the molecule is CC(=O)O.CC(O)CO.CCCCOCCCC. The molecule has 18 heavy (non-hydrogen) atoms. The van der Waals surface area contributed by atoms with E-state index in [4.69, 9.17) is 24.9 Å². The number of rotatable bonds is 7. The van der Waals surface area contributed by atoms with Gasteiger partial charge in [-0.15, -0.1) is 0 Å². The zero-order valence-corrected chi connectivity index (χ0v) is 12.2. The van der Waals surface area contributed by atoms with Gasteiger partial charge in [-0.3, -0.25) is 4.79 Å². The van der Waals surface area contributed by atoms with E-state index in [9.17, 15) is 0 Å². The predicted molar refractivity (Wildman–Crippen MR) is 72.7 cm³/mol. The number of aliphatic hydroxyl groups excluding tert-OH is 2. The summed E-state index contributed by atoms with van der Waals surface area (Å²) in [6, 6.07) is 0. The third-order valence-corrected chi connectivity index (χ3v) is 1.55. The number of hydrogen-bond donors (Lipinski definition) is 3. The molecule has 0 saturated heterocycles. The highest BCUT2D eigenvalue weighted by Gasteiger charge is 1.84. The molecule has 0 aromatic heterocycles. The van der Waals surface area contributed by atoms with Crippen LogP contribution < -0.4 is 0 Å². The molecule has 3 N–H and O–H groups in total. The van der Waals surface area contributed by atoms with Crippen LogP contribution in [0.5, 0.6) is 0 Å². The van der Waals surface area contributed by atoms with Crippen molar-refractivity contribution in [2.24, 2.45) is 0 Å². The number of carbonyl (C=O) groups is 1. The Morgan fingerprint density at radius 1 is 1.17 bits per heavy atom. The maximum absolute atomic E-state index is 9.00. The Bertz CT molecular complexity index is 138. The average molecular weight is 266 g/mol. The van der Waals surface area contributed by atoms with Crippen LogP contribution in [0.2, 0.25) is 0 Å². The molecule has 0 heterocycles. The van der Waals surface area contributed by atoms with E-state index < -0.39 is 12.1 Å². The Morgan fingerprint density at radius 2 is 1.44 bits per heavy atom. The van der Waals surface area contributed by atoms with Gasteiger partial charge in [0.25, 0.3) is 5.97 Å². The van der Waals surface area contributed by atoms with E-state index in [2.05, 4.69) is 13.8 Å². The van der Waals surface area contributed by atoms with E-state index in [1.54, 1.807) is 0 Å². The number of hydrogen-bond acceptors (Lipinski definition) is 4. The van der Waals surface area contributed by atoms with Crippen LogP contribution in [-0.2, 0) is 9.53 Å². The second-order valence-electron chi connectivity index (χ2n) is 3.87. The minimum absolute atomic E-state index is 0.139. The zero-order valence-electron chi connectivity index (χ0n) is 12.2. The maximum atomic E-state index is 9.00. The van der Waals surface area contributed by atoms with E-state index in [0.29, 0.717) is 0 Å². The quantitative estimate of drug-likeness (QED) is 0.614. The van der Waals surface area contributed by atoms with Crippen LogP contribution in [-0.4, -0.2) is 47.2 Å². The summed E-state index contributed by atoms with van der Waals surface area (Å²) >= 11 is 0. The Morgan fingerprint density at radius 3 is 1.61 bits per heavy atom. The topological polar surface area (TPSA) is 87.0 Å². The van der Waals surface area contributed by atoms with E-state index in [1.807, 2.05) is 0 Å². The molecule has 0 spiro atoms. The number of aliphatic hydroxyl groups is 2. The molecule has 0 aliphatic carbocycles. The van der Waals surface area contributed by atoms with Crippen LogP contribution in [0.25, 0.3) is 0 Å². The first kappa shape index (κ1) is 22.5. The minimum Gasteiger partial charge on any atom is -0.481 e. The molecule has 0 aliphatic rings. The summed E-state index contributed by atoms with van der Waals surface area (Å²) < 4.78 is 5.31. The van der Waals surface area contributed by atoms with Gasteiger partial charge in [-0.05, 0) is 19.8 Å². The first-order valence-electron chi connectivity index (χ1n) is 6.48. The summed E-state index contributed by atoms with van der Waals surface area (Å²) in [5, 5.41) is 23.4. The number of ether oxygens (including phenoxy) is 1. The minimum atomic E-state index is -0.833. The lowest BCUT2D eigenvalue weighted by Crippen LogP contribution is -2.03. The molecular formula is C13H30O5. The van der Waals surface area contributed by atoms with Crippen molar-refractivity contribution in [1.82, 2.24) is 0 Å². The van der Waals surface area contributed by atoms with Crippen LogP contribution in [0.15, 0.2) is 0 Å². The van der Waals surface area contributed by atoms with Gasteiger partial charge in [-0.2, -0.15) is 0 Å². The molecular weight excluding hydrogens is 236 g/mol. The van der Waals surface area contributed by atoms with Crippen LogP contribution in [0.3, 0.4) is 0 Å². The van der Waals surface area contributed by atoms with Crippen molar-refractivity contribution < 1.29 is 24.9 Å². The first-order valence-corrected chi connectivity index (χ1v) is 6.48. The largest absolute Gasteiger partial charge is 0.481 e. The molecule has 0 aromatic carbocycles. The summed E-state index contributed by atoms with van der Waals surface area (Å²) in [4.78, 5) is 9.00. The fourth-order valence-corrected chi connectivity index (χ4v) is 0.595. The Labute approximate surface area is 111 Å². The molecule has 0 fully saturated rings. The fourth-order valence-electron chi connectivity index (χ4n) is 0.595. The van der Waals surface area contributed by atoms with Crippen molar-refractivity contribution >= 4 is 5.97 Å². The normalized spacial score (nSPS) is 10.6. The number of carboxylic acid groups (broad SMARTS) is 1. The highest BCUT2D eigenvalue weighted by Crippen LogP contribution is 1.91. The summed E-state index contributed by atoms with van der Waals surface area (Å²) in [5.41, 5.74) is 0. The summed E-state index contributed by atoms with van der Waals surface area (Å²) in [5.74, 6) is -0.833. The molecule has 0 amide bonds. The highest BCUT2D eigenvalue weighted by molar-refractivity contribution is 5.62. The van der Waals surface area contributed by atoms with E-state index in [0.717, 1.165) is 20.1 Å². The standard InChI is InChI=1S/C8H18O.C3H8O2.C2H4O2/c1-3-5-7-9-8-6-4-2;1-3(5)2-4;1-2(3)4/h3-8H2,1-2H3;3-5H,2H2,1H3;1H3,(H,3,4). The second kappa shape index (κ2) is 21.6. The zero-order chi connectivity index (χ0) is 14.8.